The molecule has 0 spiro atoms. The van der Waals surface area contributed by atoms with Crippen LogP contribution < -0.4 is 5.32 Å². The summed E-state index contributed by atoms with van der Waals surface area (Å²) in [5.74, 6) is -0.364. The van der Waals surface area contributed by atoms with Crippen molar-refractivity contribution in [2.24, 2.45) is 0 Å². The highest BCUT2D eigenvalue weighted by Gasteiger charge is 2.18. The molecular formula is C12H16ClNO2. The van der Waals surface area contributed by atoms with Crippen LogP contribution in [0.1, 0.15) is 31.1 Å². The summed E-state index contributed by atoms with van der Waals surface area (Å²) in [7, 11) is 1.77. The van der Waals surface area contributed by atoms with E-state index in [9.17, 15) is 4.79 Å². The number of ether oxygens (including phenoxy) is 1. The fraction of sp³-hybridized carbons (Fsp3) is 0.417. The third kappa shape index (κ3) is 3.42. The van der Waals surface area contributed by atoms with Gasteiger partial charge >= 0.3 is 5.97 Å². The van der Waals surface area contributed by atoms with E-state index >= 15 is 0 Å². The summed E-state index contributed by atoms with van der Waals surface area (Å²) in [6.07, 6.45) is 0. The first-order chi connectivity index (χ1) is 7.33. The highest BCUT2D eigenvalue weighted by Crippen LogP contribution is 2.23. The van der Waals surface area contributed by atoms with Crippen LogP contribution in [0.4, 0.5) is 5.69 Å². The van der Waals surface area contributed by atoms with Crippen LogP contribution in [0.3, 0.4) is 0 Å². The highest BCUT2D eigenvalue weighted by atomic mass is 35.5. The molecule has 1 rings (SSSR count). The first kappa shape index (κ1) is 12.8. The predicted molar refractivity (Wildman–Crippen MR) is 66.2 cm³/mol. The number of halogens is 1. The number of carbonyl (C=O) groups is 1. The van der Waals surface area contributed by atoms with Gasteiger partial charge in [-0.05, 0) is 39.0 Å². The van der Waals surface area contributed by atoms with Gasteiger partial charge < -0.3 is 10.1 Å². The molecule has 16 heavy (non-hydrogen) atoms. The second kappa shape index (κ2) is 4.74. The van der Waals surface area contributed by atoms with Gasteiger partial charge in [0.2, 0.25) is 0 Å². The molecule has 3 nitrogen and oxygen atoms in total. The van der Waals surface area contributed by atoms with Crippen LogP contribution in [0.25, 0.3) is 0 Å². The Kier molecular flexibility index (Phi) is 3.81. The van der Waals surface area contributed by atoms with Crippen molar-refractivity contribution in [1.29, 1.82) is 0 Å². The van der Waals surface area contributed by atoms with Gasteiger partial charge in [-0.1, -0.05) is 11.6 Å². The minimum atomic E-state index is -0.495. The minimum absolute atomic E-state index is 0.364. The van der Waals surface area contributed by atoms with Crippen molar-refractivity contribution >= 4 is 23.3 Å². The Morgan fingerprint density at radius 1 is 1.38 bits per heavy atom. The summed E-state index contributed by atoms with van der Waals surface area (Å²) < 4.78 is 5.23. The Balaban J connectivity index is 2.89. The summed E-state index contributed by atoms with van der Waals surface area (Å²) >= 11 is 5.97. The van der Waals surface area contributed by atoms with E-state index in [-0.39, 0.29) is 5.97 Å². The second-order valence-corrected chi connectivity index (χ2v) is 4.85. The summed E-state index contributed by atoms with van der Waals surface area (Å²) in [4.78, 5) is 11.7. The molecule has 0 unspecified atom stereocenters. The predicted octanol–water partition coefficient (Wildman–Crippen LogP) is 3.34. The third-order valence-corrected chi connectivity index (χ3v) is 2.19. The molecule has 4 heteroatoms. The van der Waals surface area contributed by atoms with E-state index in [4.69, 9.17) is 16.3 Å². The largest absolute Gasteiger partial charge is 0.456 e. The number of benzene rings is 1. The molecule has 0 bridgehead atoms. The van der Waals surface area contributed by atoms with Crippen LogP contribution in [0.5, 0.6) is 0 Å². The van der Waals surface area contributed by atoms with Gasteiger partial charge in [-0.2, -0.15) is 0 Å². The van der Waals surface area contributed by atoms with Gasteiger partial charge in [0, 0.05) is 7.05 Å². The van der Waals surface area contributed by atoms with E-state index in [1.54, 1.807) is 25.2 Å². The van der Waals surface area contributed by atoms with E-state index in [1.807, 2.05) is 20.8 Å². The van der Waals surface area contributed by atoms with Crippen LogP contribution in [-0.4, -0.2) is 18.6 Å². The summed E-state index contributed by atoms with van der Waals surface area (Å²) in [5.41, 5.74) is 0.749. The van der Waals surface area contributed by atoms with Crippen LogP contribution in [-0.2, 0) is 4.74 Å². The first-order valence-electron chi connectivity index (χ1n) is 5.04. The zero-order chi connectivity index (χ0) is 12.3. The van der Waals surface area contributed by atoms with Crippen molar-refractivity contribution in [2.45, 2.75) is 26.4 Å². The van der Waals surface area contributed by atoms with E-state index in [2.05, 4.69) is 5.32 Å². The van der Waals surface area contributed by atoms with Crippen LogP contribution in [0, 0.1) is 0 Å². The molecule has 0 aliphatic rings. The molecule has 0 atom stereocenters. The average molecular weight is 242 g/mol. The summed E-state index contributed by atoms with van der Waals surface area (Å²) in [6, 6.07) is 5.04. The molecule has 0 aliphatic heterocycles. The highest BCUT2D eigenvalue weighted by molar-refractivity contribution is 6.33. The molecule has 0 aliphatic carbocycles. The number of hydrogen-bond acceptors (Lipinski definition) is 3. The van der Waals surface area contributed by atoms with E-state index < -0.39 is 5.60 Å². The van der Waals surface area contributed by atoms with E-state index in [0.717, 1.165) is 5.69 Å². The van der Waals surface area contributed by atoms with E-state index in [0.29, 0.717) is 10.6 Å². The number of nitrogens with one attached hydrogen (secondary N) is 1. The minimum Gasteiger partial charge on any atom is -0.456 e. The van der Waals surface area contributed by atoms with Gasteiger partial charge in [-0.15, -0.1) is 0 Å². The number of rotatable bonds is 2. The summed E-state index contributed by atoms with van der Waals surface area (Å²) in [6.45, 7) is 5.48. The molecule has 88 valence electrons. The molecule has 0 fully saturated rings. The Morgan fingerprint density at radius 3 is 2.44 bits per heavy atom. The molecule has 0 radical (unpaired) electrons. The maximum atomic E-state index is 11.7. The van der Waals surface area contributed by atoms with Crippen LogP contribution in [0.15, 0.2) is 18.2 Å². The van der Waals surface area contributed by atoms with Gasteiger partial charge in [-0.25, -0.2) is 4.79 Å². The zero-order valence-electron chi connectivity index (χ0n) is 9.93. The first-order valence-corrected chi connectivity index (χ1v) is 5.42. The van der Waals surface area contributed by atoms with Gasteiger partial charge in [0.25, 0.3) is 0 Å². The lowest BCUT2D eigenvalue weighted by atomic mass is 10.1. The third-order valence-electron chi connectivity index (χ3n) is 1.87. The van der Waals surface area contributed by atoms with Gasteiger partial charge in [-0.3, -0.25) is 0 Å². The molecule has 0 saturated heterocycles. The fourth-order valence-electron chi connectivity index (χ4n) is 1.18. The second-order valence-electron chi connectivity index (χ2n) is 4.45. The molecule has 0 amide bonds. The SMILES string of the molecule is CNc1ccc(C(=O)OC(C)(C)C)cc1Cl. The Hall–Kier alpha value is -1.22. The lowest BCUT2D eigenvalue weighted by Crippen LogP contribution is -2.23. The molecule has 0 aromatic heterocycles. The molecule has 1 N–H and O–H groups in total. The van der Waals surface area contributed by atoms with Gasteiger partial charge in [0.15, 0.2) is 0 Å². The fourth-order valence-corrected chi connectivity index (χ4v) is 1.46. The van der Waals surface area contributed by atoms with Crippen molar-refractivity contribution in [2.75, 3.05) is 12.4 Å². The van der Waals surface area contributed by atoms with Crippen molar-refractivity contribution < 1.29 is 9.53 Å². The Bertz CT molecular complexity index is 396. The lowest BCUT2D eigenvalue weighted by molar-refractivity contribution is 0.00696. The molecule has 0 saturated carbocycles. The quantitative estimate of drug-likeness (QED) is 0.807. The Morgan fingerprint density at radius 2 is 2.00 bits per heavy atom. The monoisotopic (exact) mass is 241 g/mol. The van der Waals surface area contributed by atoms with Crippen molar-refractivity contribution in [3.63, 3.8) is 0 Å². The van der Waals surface area contributed by atoms with Gasteiger partial charge in [0.05, 0.1) is 16.3 Å². The number of anilines is 1. The smallest absolute Gasteiger partial charge is 0.338 e. The zero-order valence-corrected chi connectivity index (χ0v) is 10.7. The number of hydrogen-bond donors (Lipinski definition) is 1. The normalized spacial score (nSPS) is 11.1. The maximum absolute atomic E-state index is 11.7. The van der Waals surface area contributed by atoms with E-state index in [1.165, 1.54) is 0 Å². The standard InChI is InChI=1S/C12H16ClNO2/c1-12(2,3)16-11(15)8-5-6-10(14-4)9(13)7-8/h5-7,14H,1-4H3. The number of carbonyl (C=O) groups excluding carboxylic acids is 1. The van der Waals surface area contributed by atoms with Crippen LogP contribution >= 0.6 is 11.6 Å². The Labute approximate surface area is 101 Å². The van der Waals surface area contributed by atoms with Crippen LogP contribution in [0.2, 0.25) is 5.02 Å². The average Bonchev–Trinajstić information content (AvgIpc) is 2.15. The summed E-state index contributed by atoms with van der Waals surface area (Å²) in [5, 5.41) is 3.43. The topological polar surface area (TPSA) is 38.3 Å². The molecule has 1 aromatic rings. The van der Waals surface area contributed by atoms with Gasteiger partial charge in [0.1, 0.15) is 5.60 Å². The molecular weight excluding hydrogens is 226 g/mol. The molecule has 0 heterocycles. The van der Waals surface area contributed by atoms with Crippen molar-refractivity contribution in [3.8, 4) is 0 Å². The van der Waals surface area contributed by atoms with Crippen molar-refractivity contribution in [1.82, 2.24) is 0 Å². The van der Waals surface area contributed by atoms with Crippen molar-refractivity contribution in [3.05, 3.63) is 28.8 Å². The lowest BCUT2D eigenvalue weighted by Gasteiger charge is -2.19. The number of esters is 1. The molecule has 1 aromatic carbocycles. The maximum Gasteiger partial charge on any atom is 0.338 e.